The van der Waals surface area contributed by atoms with Gasteiger partial charge in [-0.15, -0.1) is 22.7 Å². The van der Waals surface area contributed by atoms with Crippen molar-refractivity contribution in [3.05, 3.63) is 50.6 Å². The predicted molar refractivity (Wildman–Crippen MR) is 113 cm³/mol. The zero-order chi connectivity index (χ0) is 19.1. The van der Waals surface area contributed by atoms with Crippen LogP contribution in [0, 0.1) is 0 Å². The highest BCUT2D eigenvalue weighted by Crippen LogP contribution is 2.19. The van der Waals surface area contributed by atoms with E-state index in [4.69, 9.17) is 9.97 Å². The summed E-state index contributed by atoms with van der Waals surface area (Å²) in [5.41, 5.74) is 2.33. The molecule has 0 saturated carbocycles. The minimum atomic E-state index is 0.345. The second-order valence-corrected chi connectivity index (χ2v) is 8.83. The lowest BCUT2D eigenvalue weighted by molar-refractivity contribution is 0.166. The number of rotatable bonds is 11. The fraction of sp³-hybridized carbons (Fsp3) is 0.550. The Morgan fingerprint density at radius 2 is 1.59 bits per heavy atom. The summed E-state index contributed by atoms with van der Waals surface area (Å²) < 4.78 is 2.00. The van der Waals surface area contributed by atoms with Crippen molar-refractivity contribution in [1.29, 1.82) is 0 Å². The van der Waals surface area contributed by atoms with E-state index >= 15 is 0 Å². The molecule has 3 aromatic rings. The molecule has 0 radical (unpaired) electrons. The van der Waals surface area contributed by atoms with Gasteiger partial charge in [0.2, 0.25) is 0 Å². The minimum absolute atomic E-state index is 0.345. The maximum absolute atomic E-state index is 4.83. The standard InChI is InChI=1S/C20H29N5S2/c1-4-7-19-22-17(14-26-19)12-24(16(3)11-25-10-6-9-21-25)13-18-15-27-20(23-18)8-5-2/h6,9-10,14-16H,4-5,7-8,11-13H2,1-3H3/t16-/m1/s1. The van der Waals surface area contributed by atoms with E-state index in [1.165, 1.54) is 21.4 Å². The van der Waals surface area contributed by atoms with Crippen LogP contribution in [0.5, 0.6) is 0 Å². The van der Waals surface area contributed by atoms with Crippen LogP contribution in [0.2, 0.25) is 0 Å². The number of hydrogen-bond acceptors (Lipinski definition) is 6. The molecule has 0 aromatic carbocycles. The van der Waals surface area contributed by atoms with Gasteiger partial charge in [-0.3, -0.25) is 9.58 Å². The molecule has 27 heavy (non-hydrogen) atoms. The highest BCUT2D eigenvalue weighted by Gasteiger charge is 2.18. The second-order valence-electron chi connectivity index (χ2n) is 6.95. The second kappa shape index (κ2) is 10.1. The lowest BCUT2D eigenvalue weighted by atomic mass is 10.2. The molecule has 0 bridgehead atoms. The first-order valence-corrected chi connectivity index (χ1v) is 11.5. The summed E-state index contributed by atoms with van der Waals surface area (Å²) in [6.07, 6.45) is 8.29. The molecule has 3 heterocycles. The van der Waals surface area contributed by atoms with E-state index < -0.39 is 0 Å². The molecule has 7 heteroatoms. The molecule has 0 saturated heterocycles. The molecular formula is C20H29N5S2. The molecular weight excluding hydrogens is 374 g/mol. The Morgan fingerprint density at radius 3 is 2.07 bits per heavy atom. The summed E-state index contributed by atoms with van der Waals surface area (Å²) >= 11 is 3.56. The number of nitrogens with zero attached hydrogens (tertiary/aromatic N) is 5. The maximum atomic E-state index is 4.83. The largest absolute Gasteiger partial charge is 0.287 e. The highest BCUT2D eigenvalue weighted by atomic mass is 32.1. The molecule has 0 fully saturated rings. The van der Waals surface area contributed by atoms with Crippen LogP contribution in [0.25, 0.3) is 0 Å². The average Bonchev–Trinajstić information content (AvgIpc) is 3.39. The number of thiazole rings is 2. The van der Waals surface area contributed by atoms with Gasteiger partial charge in [0.25, 0.3) is 0 Å². The molecule has 0 unspecified atom stereocenters. The van der Waals surface area contributed by atoms with Crippen LogP contribution in [0.4, 0.5) is 0 Å². The fourth-order valence-corrected chi connectivity index (χ4v) is 4.86. The van der Waals surface area contributed by atoms with Gasteiger partial charge in [-0.05, 0) is 38.7 Å². The molecule has 1 atom stereocenters. The van der Waals surface area contributed by atoms with Gasteiger partial charge >= 0.3 is 0 Å². The zero-order valence-corrected chi connectivity index (χ0v) is 18.1. The normalized spacial score (nSPS) is 12.7. The number of hydrogen-bond donors (Lipinski definition) is 0. The molecule has 3 aromatic heterocycles. The third-order valence-corrected chi connectivity index (χ3v) is 6.41. The third-order valence-electron chi connectivity index (χ3n) is 4.49. The van der Waals surface area contributed by atoms with E-state index in [-0.39, 0.29) is 0 Å². The minimum Gasteiger partial charge on any atom is -0.287 e. The van der Waals surface area contributed by atoms with Gasteiger partial charge in [0, 0.05) is 42.3 Å². The van der Waals surface area contributed by atoms with E-state index in [1.807, 2.05) is 23.1 Å². The average molecular weight is 404 g/mol. The summed E-state index contributed by atoms with van der Waals surface area (Å²) in [6.45, 7) is 9.24. The van der Waals surface area contributed by atoms with Gasteiger partial charge < -0.3 is 0 Å². The van der Waals surface area contributed by atoms with Crippen molar-refractivity contribution in [2.45, 2.75) is 72.1 Å². The first-order valence-electron chi connectivity index (χ1n) is 9.76. The Bertz CT molecular complexity index is 747. The quantitative estimate of drug-likeness (QED) is 0.462. The van der Waals surface area contributed by atoms with E-state index in [9.17, 15) is 0 Å². The van der Waals surface area contributed by atoms with Gasteiger partial charge in [0.1, 0.15) is 0 Å². The Kier molecular flexibility index (Phi) is 7.55. The molecule has 146 valence electrons. The summed E-state index contributed by atoms with van der Waals surface area (Å²) in [7, 11) is 0. The molecule has 0 aliphatic carbocycles. The Labute approximate surface area is 170 Å². The smallest absolute Gasteiger partial charge is 0.0928 e. The molecule has 0 N–H and O–H groups in total. The van der Waals surface area contributed by atoms with Gasteiger partial charge in [-0.25, -0.2) is 9.97 Å². The van der Waals surface area contributed by atoms with Crippen molar-refractivity contribution in [3.8, 4) is 0 Å². The number of aromatic nitrogens is 4. The molecule has 3 rings (SSSR count). The van der Waals surface area contributed by atoms with Crippen molar-refractivity contribution in [2.75, 3.05) is 0 Å². The Balaban J connectivity index is 1.71. The molecule has 5 nitrogen and oxygen atoms in total. The molecule has 0 amide bonds. The summed E-state index contributed by atoms with van der Waals surface area (Å²) in [4.78, 5) is 12.1. The molecule has 0 aliphatic rings. The van der Waals surface area contributed by atoms with Crippen molar-refractivity contribution in [1.82, 2.24) is 24.6 Å². The SMILES string of the molecule is CCCc1nc(CN(Cc2csc(CCC)n2)[C@H](C)Cn2cccn2)cs1. The number of aryl methyl sites for hydroxylation is 2. The highest BCUT2D eigenvalue weighted by molar-refractivity contribution is 7.09. The third kappa shape index (κ3) is 5.96. The van der Waals surface area contributed by atoms with Gasteiger partial charge in [0.05, 0.1) is 27.9 Å². The van der Waals surface area contributed by atoms with E-state index in [0.29, 0.717) is 6.04 Å². The van der Waals surface area contributed by atoms with Gasteiger partial charge in [-0.1, -0.05) is 13.8 Å². The first-order chi connectivity index (χ1) is 13.2. The van der Waals surface area contributed by atoms with Gasteiger partial charge in [-0.2, -0.15) is 5.10 Å². The summed E-state index contributed by atoms with van der Waals surface area (Å²) in [5.74, 6) is 0. The van der Waals surface area contributed by atoms with Crippen LogP contribution >= 0.6 is 22.7 Å². The fourth-order valence-electron chi connectivity index (χ4n) is 3.08. The van der Waals surface area contributed by atoms with Crippen molar-refractivity contribution in [2.24, 2.45) is 0 Å². The zero-order valence-electron chi connectivity index (χ0n) is 16.5. The molecule has 0 spiro atoms. The van der Waals surface area contributed by atoms with Crippen LogP contribution in [-0.4, -0.2) is 30.7 Å². The monoisotopic (exact) mass is 403 g/mol. The lowest BCUT2D eigenvalue weighted by Crippen LogP contribution is -2.35. The van der Waals surface area contributed by atoms with E-state index in [0.717, 1.165) is 45.3 Å². The van der Waals surface area contributed by atoms with E-state index in [1.54, 1.807) is 22.7 Å². The van der Waals surface area contributed by atoms with Crippen LogP contribution in [0.1, 0.15) is 55.0 Å². The summed E-state index contributed by atoms with van der Waals surface area (Å²) in [5, 5.41) is 11.3. The van der Waals surface area contributed by atoms with Crippen molar-refractivity contribution >= 4 is 22.7 Å². The lowest BCUT2D eigenvalue weighted by Gasteiger charge is -2.27. The van der Waals surface area contributed by atoms with Crippen LogP contribution in [-0.2, 0) is 32.5 Å². The van der Waals surface area contributed by atoms with Crippen molar-refractivity contribution in [3.63, 3.8) is 0 Å². The topological polar surface area (TPSA) is 46.8 Å². The summed E-state index contributed by atoms with van der Waals surface area (Å²) in [6, 6.07) is 2.32. The maximum Gasteiger partial charge on any atom is 0.0928 e. The Morgan fingerprint density at radius 1 is 1.00 bits per heavy atom. The predicted octanol–water partition coefficient (Wildman–Crippen LogP) is 4.79. The van der Waals surface area contributed by atoms with Crippen molar-refractivity contribution < 1.29 is 0 Å². The van der Waals surface area contributed by atoms with E-state index in [2.05, 4.69) is 41.5 Å². The van der Waals surface area contributed by atoms with Gasteiger partial charge in [0.15, 0.2) is 0 Å². The first kappa shape index (κ1) is 20.2. The van der Waals surface area contributed by atoms with Crippen LogP contribution in [0.3, 0.4) is 0 Å². The molecule has 0 aliphatic heterocycles. The Hall–Kier alpha value is -1.57. The van der Waals surface area contributed by atoms with Crippen LogP contribution < -0.4 is 0 Å². The van der Waals surface area contributed by atoms with Crippen LogP contribution in [0.15, 0.2) is 29.2 Å².